The Kier molecular flexibility index (Phi) is 5.05. The highest BCUT2D eigenvalue weighted by atomic mass is 19.1. The number of ether oxygens (including phenoxy) is 1. The van der Waals surface area contributed by atoms with Gasteiger partial charge in [0.15, 0.2) is 11.6 Å². The van der Waals surface area contributed by atoms with Gasteiger partial charge in [0, 0.05) is 19.0 Å². The molecule has 3 aromatic rings. The fourth-order valence-corrected chi connectivity index (χ4v) is 3.56. The number of nitrogens with one attached hydrogen (secondary N) is 1. The number of carbonyl (C=O) groups is 1. The SMILES string of the molecule is O=C(CCOc1ccccc1F)N1CCC[C@@H](c2nc3ccccc3[nH]2)C1. The number of carbonyl (C=O) groups excluding carboxylic acids is 1. The first kappa shape index (κ1) is 17.5. The van der Waals surface area contributed by atoms with Gasteiger partial charge in [0.1, 0.15) is 5.82 Å². The van der Waals surface area contributed by atoms with Crippen LogP contribution in [0.5, 0.6) is 5.75 Å². The first-order chi connectivity index (χ1) is 13.2. The Hall–Kier alpha value is -2.89. The quantitative estimate of drug-likeness (QED) is 0.745. The number of likely N-dealkylation sites (tertiary alicyclic amines) is 1. The minimum Gasteiger partial charge on any atom is -0.490 e. The molecule has 4 rings (SSSR count). The van der Waals surface area contributed by atoms with Gasteiger partial charge in [-0.3, -0.25) is 4.79 Å². The molecule has 2 heterocycles. The molecular formula is C21H22FN3O2. The monoisotopic (exact) mass is 367 g/mol. The molecule has 0 bridgehead atoms. The Morgan fingerprint density at radius 1 is 1.22 bits per heavy atom. The minimum atomic E-state index is -0.409. The summed E-state index contributed by atoms with van der Waals surface area (Å²) in [5, 5.41) is 0. The van der Waals surface area contributed by atoms with Gasteiger partial charge in [0.2, 0.25) is 5.91 Å². The molecule has 1 aliphatic heterocycles. The third-order valence-corrected chi connectivity index (χ3v) is 4.98. The third-order valence-electron chi connectivity index (χ3n) is 4.98. The van der Waals surface area contributed by atoms with Crippen molar-refractivity contribution >= 4 is 16.9 Å². The number of imidazole rings is 1. The highest BCUT2D eigenvalue weighted by molar-refractivity contribution is 5.77. The molecule has 27 heavy (non-hydrogen) atoms. The maximum atomic E-state index is 13.6. The van der Waals surface area contributed by atoms with Crippen LogP contribution < -0.4 is 4.74 Å². The van der Waals surface area contributed by atoms with Crippen molar-refractivity contribution in [2.24, 2.45) is 0 Å². The number of aromatic amines is 1. The van der Waals surface area contributed by atoms with Crippen molar-refractivity contribution in [2.45, 2.75) is 25.2 Å². The molecule has 0 saturated carbocycles. The molecule has 5 nitrogen and oxygen atoms in total. The molecule has 2 aromatic carbocycles. The summed E-state index contributed by atoms with van der Waals surface area (Å²) in [5.41, 5.74) is 1.98. The van der Waals surface area contributed by atoms with E-state index in [1.807, 2.05) is 29.2 Å². The maximum Gasteiger partial charge on any atom is 0.226 e. The second-order valence-corrected chi connectivity index (χ2v) is 6.85. The van der Waals surface area contributed by atoms with E-state index in [4.69, 9.17) is 4.74 Å². The lowest BCUT2D eigenvalue weighted by molar-refractivity contribution is -0.133. The second kappa shape index (κ2) is 7.78. The fraction of sp³-hybridized carbons (Fsp3) is 0.333. The normalized spacial score (nSPS) is 17.2. The van der Waals surface area contributed by atoms with Gasteiger partial charge in [-0.2, -0.15) is 0 Å². The number of benzene rings is 2. The summed E-state index contributed by atoms with van der Waals surface area (Å²) in [6, 6.07) is 14.2. The standard InChI is InChI=1S/C21H22FN3O2/c22-16-7-1-4-10-19(16)27-13-11-20(26)25-12-5-6-15(14-25)21-23-17-8-2-3-9-18(17)24-21/h1-4,7-10,15H,5-6,11-14H2,(H,23,24)/t15-/m1/s1. The Balaban J connectivity index is 1.34. The number of aromatic nitrogens is 2. The lowest BCUT2D eigenvalue weighted by Gasteiger charge is -2.32. The molecule has 140 valence electrons. The molecule has 0 radical (unpaired) electrons. The Labute approximate surface area is 157 Å². The average Bonchev–Trinajstić information content (AvgIpc) is 3.14. The van der Waals surface area contributed by atoms with E-state index in [0.717, 1.165) is 36.2 Å². The predicted octanol–water partition coefficient (Wildman–Crippen LogP) is 3.88. The Morgan fingerprint density at radius 2 is 2.04 bits per heavy atom. The number of amides is 1. The number of fused-ring (bicyclic) bond motifs is 1. The van der Waals surface area contributed by atoms with Crippen LogP contribution in [0.2, 0.25) is 0 Å². The van der Waals surface area contributed by atoms with Crippen molar-refractivity contribution in [1.82, 2.24) is 14.9 Å². The summed E-state index contributed by atoms with van der Waals surface area (Å²) in [7, 11) is 0. The summed E-state index contributed by atoms with van der Waals surface area (Å²) in [5.74, 6) is 0.961. The molecule has 1 aliphatic rings. The summed E-state index contributed by atoms with van der Waals surface area (Å²) in [4.78, 5) is 22.5. The molecule has 6 heteroatoms. The molecule has 0 spiro atoms. The van der Waals surface area contributed by atoms with Crippen molar-refractivity contribution in [1.29, 1.82) is 0 Å². The molecule has 1 amide bonds. The fourth-order valence-electron chi connectivity index (χ4n) is 3.56. The van der Waals surface area contributed by atoms with E-state index in [9.17, 15) is 9.18 Å². The van der Waals surface area contributed by atoms with Crippen LogP contribution in [0.3, 0.4) is 0 Å². The molecule has 1 aromatic heterocycles. The molecule has 1 fully saturated rings. The van der Waals surface area contributed by atoms with Crippen LogP contribution in [0.25, 0.3) is 11.0 Å². The molecule has 0 aliphatic carbocycles. The summed E-state index contributed by atoms with van der Waals surface area (Å²) < 4.78 is 19.0. The molecular weight excluding hydrogens is 345 g/mol. The Bertz CT molecular complexity index is 907. The van der Waals surface area contributed by atoms with E-state index >= 15 is 0 Å². The number of H-pyrrole nitrogens is 1. The lowest BCUT2D eigenvalue weighted by Crippen LogP contribution is -2.39. The van der Waals surface area contributed by atoms with E-state index in [2.05, 4.69) is 9.97 Å². The highest BCUT2D eigenvalue weighted by Gasteiger charge is 2.26. The van der Waals surface area contributed by atoms with E-state index < -0.39 is 5.82 Å². The van der Waals surface area contributed by atoms with Crippen LogP contribution in [-0.4, -0.2) is 40.5 Å². The van der Waals surface area contributed by atoms with Crippen LogP contribution in [0, 0.1) is 5.82 Å². The molecule has 1 N–H and O–H groups in total. The number of piperidine rings is 1. The zero-order valence-electron chi connectivity index (χ0n) is 15.0. The summed E-state index contributed by atoms with van der Waals surface area (Å²) in [6.45, 7) is 1.57. The van der Waals surface area contributed by atoms with Crippen LogP contribution in [0.4, 0.5) is 4.39 Å². The average molecular weight is 367 g/mol. The van der Waals surface area contributed by atoms with Crippen molar-refractivity contribution in [3.05, 3.63) is 60.2 Å². The zero-order chi connectivity index (χ0) is 18.6. The first-order valence-corrected chi connectivity index (χ1v) is 9.30. The second-order valence-electron chi connectivity index (χ2n) is 6.85. The van der Waals surface area contributed by atoms with Gasteiger partial charge in [-0.15, -0.1) is 0 Å². The van der Waals surface area contributed by atoms with Gasteiger partial charge < -0.3 is 14.6 Å². The number of hydrogen-bond donors (Lipinski definition) is 1. The van der Waals surface area contributed by atoms with Crippen molar-refractivity contribution < 1.29 is 13.9 Å². The van der Waals surface area contributed by atoms with Gasteiger partial charge in [0.05, 0.1) is 24.1 Å². The minimum absolute atomic E-state index is 0.0344. The van der Waals surface area contributed by atoms with Gasteiger partial charge in [-0.25, -0.2) is 9.37 Å². The third kappa shape index (κ3) is 3.94. The van der Waals surface area contributed by atoms with Crippen molar-refractivity contribution in [2.75, 3.05) is 19.7 Å². The zero-order valence-corrected chi connectivity index (χ0v) is 15.0. The number of para-hydroxylation sites is 3. The highest BCUT2D eigenvalue weighted by Crippen LogP contribution is 2.27. The predicted molar refractivity (Wildman–Crippen MR) is 101 cm³/mol. The van der Waals surface area contributed by atoms with Crippen LogP contribution in [0.1, 0.15) is 31.0 Å². The Morgan fingerprint density at radius 3 is 2.89 bits per heavy atom. The topological polar surface area (TPSA) is 58.2 Å². The molecule has 1 atom stereocenters. The van der Waals surface area contributed by atoms with E-state index in [0.29, 0.717) is 6.54 Å². The maximum absolute atomic E-state index is 13.6. The van der Waals surface area contributed by atoms with Crippen molar-refractivity contribution in [3.63, 3.8) is 0 Å². The largest absolute Gasteiger partial charge is 0.490 e. The van der Waals surface area contributed by atoms with Gasteiger partial charge in [-0.1, -0.05) is 24.3 Å². The first-order valence-electron chi connectivity index (χ1n) is 9.30. The summed E-state index contributed by atoms with van der Waals surface area (Å²) >= 11 is 0. The van der Waals surface area contributed by atoms with E-state index in [1.165, 1.54) is 6.07 Å². The summed E-state index contributed by atoms with van der Waals surface area (Å²) in [6.07, 6.45) is 2.19. The molecule has 0 unspecified atom stereocenters. The lowest BCUT2D eigenvalue weighted by atomic mass is 9.97. The number of hydrogen-bond acceptors (Lipinski definition) is 3. The van der Waals surface area contributed by atoms with Gasteiger partial charge >= 0.3 is 0 Å². The van der Waals surface area contributed by atoms with Crippen LogP contribution in [-0.2, 0) is 4.79 Å². The van der Waals surface area contributed by atoms with E-state index in [-0.39, 0.29) is 30.6 Å². The smallest absolute Gasteiger partial charge is 0.226 e. The van der Waals surface area contributed by atoms with E-state index in [1.54, 1.807) is 18.2 Å². The van der Waals surface area contributed by atoms with Gasteiger partial charge in [0.25, 0.3) is 0 Å². The molecule has 1 saturated heterocycles. The van der Waals surface area contributed by atoms with Crippen LogP contribution >= 0.6 is 0 Å². The number of halogens is 1. The van der Waals surface area contributed by atoms with Crippen molar-refractivity contribution in [3.8, 4) is 5.75 Å². The number of rotatable bonds is 5. The number of nitrogens with zero attached hydrogens (tertiary/aromatic N) is 2. The van der Waals surface area contributed by atoms with Gasteiger partial charge in [-0.05, 0) is 37.1 Å². The van der Waals surface area contributed by atoms with Crippen LogP contribution in [0.15, 0.2) is 48.5 Å².